The van der Waals surface area contributed by atoms with E-state index in [1.807, 2.05) is 0 Å². The van der Waals surface area contributed by atoms with Crippen LogP contribution in [0.25, 0.3) is 0 Å². The molecule has 0 amide bonds. The van der Waals surface area contributed by atoms with Crippen LogP contribution in [-0.4, -0.2) is 39.0 Å². The predicted octanol–water partition coefficient (Wildman–Crippen LogP) is 1.96. The highest BCUT2D eigenvalue weighted by atomic mass is 32.2. The number of thioether (sulfide) groups is 1. The number of aromatic nitrogens is 2. The van der Waals surface area contributed by atoms with Crippen molar-refractivity contribution in [2.45, 2.75) is 23.8 Å². The zero-order valence-electron chi connectivity index (χ0n) is 9.50. The quantitative estimate of drug-likeness (QED) is 0.783. The molecule has 1 unspecified atom stereocenters. The topological polar surface area (TPSA) is 52.8 Å². The Labute approximate surface area is 109 Å². The first kappa shape index (κ1) is 11.5. The summed E-state index contributed by atoms with van der Waals surface area (Å²) in [5.74, 6) is 1.81. The number of piperidine rings is 3. The molecule has 1 atom stereocenters. The van der Waals surface area contributed by atoms with Crippen molar-refractivity contribution in [2.75, 3.05) is 25.4 Å². The first-order chi connectivity index (χ1) is 8.38. The molecule has 3 saturated heterocycles. The van der Waals surface area contributed by atoms with Gasteiger partial charge in [-0.3, -0.25) is 0 Å². The summed E-state index contributed by atoms with van der Waals surface area (Å²) in [5, 5.41) is 9.64. The Bertz CT molecular complexity index is 431. The maximum Gasteiger partial charge on any atom is 0.135 e. The maximum absolute atomic E-state index is 8.65. The van der Waals surface area contributed by atoms with E-state index < -0.39 is 0 Å². The molecular weight excluding hydrogens is 252 g/mol. The van der Waals surface area contributed by atoms with Gasteiger partial charge in [0.15, 0.2) is 0 Å². The molecule has 2 bridgehead atoms. The lowest BCUT2D eigenvalue weighted by atomic mass is 9.78. The largest absolute Gasteiger partial charge is 0.303 e. The van der Waals surface area contributed by atoms with E-state index in [1.54, 1.807) is 0 Å². The molecule has 90 valence electrons. The van der Waals surface area contributed by atoms with E-state index in [0.717, 1.165) is 23.2 Å². The van der Waals surface area contributed by atoms with Gasteiger partial charge in [0.05, 0.1) is 29.2 Å². The lowest BCUT2D eigenvalue weighted by Gasteiger charge is -2.44. The summed E-state index contributed by atoms with van der Waals surface area (Å²) in [6.45, 7) is 3.63. The van der Waals surface area contributed by atoms with Crippen LogP contribution in [0, 0.1) is 17.2 Å². The standard InChI is InChI=1S/C11H14N4S2/c12-3-6-16-11-10(13-17-14-11)9-7-15-4-1-8(9)2-5-15/h8-9H,1-2,4-7H2. The van der Waals surface area contributed by atoms with Gasteiger partial charge in [-0.05, 0) is 31.8 Å². The number of nitrogens with zero attached hydrogens (tertiary/aromatic N) is 4. The van der Waals surface area contributed by atoms with Crippen LogP contribution in [0.5, 0.6) is 0 Å². The molecule has 3 aliphatic heterocycles. The highest BCUT2D eigenvalue weighted by molar-refractivity contribution is 7.99. The SMILES string of the molecule is N#CCSc1nsnc1C1CN2CCC1CC2. The van der Waals surface area contributed by atoms with Gasteiger partial charge < -0.3 is 4.90 Å². The lowest BCUT2D eigenvalue weighted by molar-refractivity contribution is 0.0846. The van der Waals surface area contributed by atoms with Gasteiger partial charge in [0, 0.05) is 12.5 Å². The molecule has 1 aromatic heterocycles. The van der Waals surface area contributed by atoms with E-state index in [2.05, 4.69) is 19.7 Å². The lowest BCUT2D eigenvalue weighted by Crippen LogP contribution is -2.46. The van der Waals surface area contributed by atoms with Crippen molar-refractivity contribution in [1.82, 2.24) is 13.6 Å². The van der Waals surface area contributed by atoms with Crippen LogP contribution in [0.2, 0.25) is 0 Å². The van der Waals surface area contributed by atoms with Crippen LogP contribution >= 0.6 is 23.5 Å². The molecule has 0 spiro atoms. The summed E-state index contributed by atoms with van der Waals surface area (Å²) in [5.41, 5.74) is 1.16. The first-order valence-corrected chi connectivity index (χ1v) is 7.64. The van der Waals surface area contributed by atoms with Crippen molar-refractivity contribution < 1.29 is 0 Å². The third-order valence-electron chi connectivity index (χ3n) is 3.76. The van der Waals surface area contributed by atoms with Gasteiger partial charge in [0.1, 0.15) is 5.03 Å². The van der Waals surface area contributed by atoms with Gasteiger partial charge in [0.2, 0.25) is 0 Å². The van der Waals surface area contributed by atoms with Crippen molar-refractivity contribution in [3.05, 3.63) is 5.69 Å². The van der Waals surface area contributed by atoms with E-state index in [0.29, 0.717) is 11.7 Å². The van der Waals surface area contributed by atoms with Gasteiger partial charge in [0.25, 0.3) is 0 Å². The summed E-state index contributed by atoms with van der Waals surface area (Å²) in [4.78, 5) is 2.53. The first-order valence-electron chi connectivity index (χ1n) is 5.93. The smallest absolute Gasteiger partial charge is 0.135 e. The highest BCUT2D eigenvalue weighted by Gasteiger charge is 2.37. The monoisotopic (exact) mass is 266 g/mol. The van der Waals surface area contributed by atoms with Gasteiger partial charge in [-0.15, -0.1) is 0 Å². The minimum Gasteiger partial charge on any atom is -0.303 e. The van der Waals surface area contributed by atoms with Crippen molar-refractivity contribution in [1.29, 1.82) is 5.26 Å². The summed E-state index contributed by atoms with van der Waals surface area (Å²) in [6, 6.07) is 2.16. The van der Waals surface area contributed by atoms with Crippen LogP contribution in [0.15, 0.2) is 5.03 Å². The molecule has 0 saturated carbocycles. The fourth-order valence-corrected chi connectivity index (χ4v) is 4.32. The molecule has 0 aliphatic carbocycles. The second-order valence-electron chi connectivity index (χ2n) is 4.65. The second-order valence-corrected chi connectivity index (χ2v) is 6.14. The van der Waals surface area contributed by atoms with Crippen molar-refractivity contribution in [2.24, 2.45) is 5.92 Å². The average Bonchev–Trinajstić information content (AvgIpc) is 2.86. The molecule has 6 heteroatoms. The van der Waals surface area contributed by atoms with Crippen LogP contribution in [0.4, 0.5) is 0 Å². The van der Waals surface area contributed by atoms with Crippen molar-refractivity contribution >= 4 is 23.5 Å². The Morgan fingerprint density at radius 2 is 2.24 bits per heavy atom. The number of fused-ring (bicyclic) bond motifs is 3. The molecule has 3 aliphatic rings. The summed E-state index contributed by atoms with van der Waals surface area (Å²) >= 11 is 2.82. The predicted molar refractivity (Wildman–Crippen MR) is 68.2 cm³/mol. The van der Waals surface area contributed by atoms with Crippen molar-refractivity contribution in [3.8, 4) is 6.07 Å². The van der Waals surface area contributed by atoms with Crippen molar-refractivity contribution in [3.63, 3.8) is 0 Å². The fourth-order valence-electron chi connectivity index (χ4n) is 2.89. The molecule has 0 radical (unpaired) electrons. The Morgan fingerprint density at radius 1 is 1.41 bits per heavy atom. The summed E-state index contributed by atoms with van der Waals surface area (Å²) in [7, 11) is 0. The van der Waals surface area contributed by atoms with E-state index in [-0.39, 0.29) is 0 Å². The molecule has 17 heavy (non-hydrogen) atoms. The minimum absolute atomic E-state index is 0.472. The van der Waals surface area contributed by atoms with Gasteiger partial charge in [-0.1, -0.05) is 11.8 Å². The summed E-state index contributed by atoms with van der Waals surface area (Å²) in [6.07, 6.45) is 2.59. The van der Waals surface area contributed by atoms with E-state index >= 15 is 0 Å². The normalized spacial score (nSPS) is 31.4. The third-order valence-corrected chi connectivity index (χ3v) is 5.27. The molecule has 0 aromatic carbocycles. The number of nitriles is 1. The maximum atomic E-state index is 8.65. The Morgan fingerprint density at radius 3 is 2.88 bits per heavy atom. The van der Waals surface area contributed by atoms with Gasteiger partial charge in [-0.2, -0.15) is 14.0 Å². The van der Waals surface area contributed by atoms with E-state index in [1.165, 1.54) is 49.4 Å². The zero-order chi connectivity index (χ0) is 11.7. The Hall–Kier alpha value is -0.640. The van der Waals surface area contributed by atoms with Gasteiger partial charge >= 0.3 is 0 Å². The third kappa shape index (κ3) is 2.19. The number of rotatable bonds is 3. The molecule has 1 aromatic rings. The second kappa shape index (κ2) is 4.92. The molecule has 4 rings (SSSR count). The van der Waals surface area contributed by atoms with Gasteiger partial charge in [-0.25, -0.2) is 0 Å². The Balaban J connectivity index is 1.80. The minimum atomic E-state index is 0.472. The average molecular weight is 266 g/mol. The molecule has 4 heterocycles. The molecule has 0 N–H and O–H groups in total. The number of hydrogen-bond acceptors (Lipinski definition) is 6. The molecular formula is C11H14N4S2. The molecule has 3 fully saturated rings. The molecule has 4 nitrogen and oxygen atoms in total. The van der Waals surface area contributed by atoms with Crippen LogP contribution in [0.1, 0.15) is 24.5 Å². The van der Waals surface area contributed by atoms with Crippen LogP contribution < -0.4 is 0 Å². The van der Waals surface area contributed by atoms with Crippen LogP contribution in [-0.2, 0) is 0 Å². The van der Waals surface area contributed by atoms with Crippen LogP contribution in [0.3, 0.4) is 0 Å². The summed E-state index contributed by atoms with van der Waals surface area (Å²) < 4.78 is 8.82. The van der Waals surface area contributed by atoms with E-state index in [4.69, 9.17) is 5.26 Å². The zero-order valence-corrected chi connectivity index (χ0v) is 11.1. The fraction of sp³-hybridized carbons (Fsp3) is 0.727. The number of hydrogen-bond donors (Lipinski definition) is 0. The highest BCUT2D eigenvalue weighted by Crippen LogP contribution is 2.41. The van der Waals surface area contributed by atoms with E-state index in [9.17, 15) is 0 Å². The Kier molecular flexibility index (Phi) is 3.32.